The summed E-state index contributed by atoms with van der Waals surface area (Å²) in [5, 5.41) is 75.0. The van der Waals surface area contributed by atoms with Gasteiger partial charge in [0, 0.05) is 90.2 Å². The molecule has 6 aromatic rings. The number of aromatic amines is 3. The number of hydrogen-bond donors (Lipinski definition) is 29. The number of nitrogens with one attached hydrogen (secondary N) is 20. The molecule has 41 heteroatoms. The zero-order chi connectivity index (χ0) is 92.5. The van der Waals surface area contributed by atoms with Crippen LogP contribution < -0.4 is 120 Å². The molecule has 0 aliphatic carbocycles. The Morgan fingerprint density at radius 1 is 0.333 bits per heavy atom. The minimum absolute atomic E-state index is 0.000649. The van der Waals surface area contributed by atoms with E-state index in [0.717, 1.165) is 10.9 Å². The molecule has 0 radical (unpaired) electrons. The highest BCUT2D eigenvalue weighted by Crippen LogP contribution is 2.24. The highest BCUT2D eigenvalue weighted by molar-refractivity contribution is 6.01. The molecule has 0 aliphatic heterocycles. The van der Waals surface area contributed by atoms with E-state index in [1.54, 1.807) is 48.9 Å². The van der Waals surface area contributed by atoms with Crippen LogP contribution in [0.25, 0.3) is 32.7 Å². The van der Waals surface area contributed by atoms with Gasteiger partial charge in [0.05, 0.1) is 12.1 Å². The lowest BCUT2D eigenvalue weighted by atomic mass is 9.99. The normalized spacial score (nSPS) is 14.5. The van der Waals surface area contributed by atoms with Crippen LogP contribution in [0.1, 0.15) is 160 Å². The van der Waals surface area contributed by atoms with E-state index in [9.17, 15) is 33.9 Å². The Morgan fingerprint density at radius 3 is 0.913 bits per heavy atom. The molecule has 0 spiro atoms. The number of hydrogen-bond acceptors (Lipinski definition) is 20. The second-order valence-electron chi connectivity index (χ2n) is 32.6. The van der Waals surface area contributed by atoms with Crippen molar-refractivity contribution in [1.29, 1.82) is 16.2 Å². The fourth-order valence-electron chi connectivity index (χ4n) is 14.5. The molecule has 0 unspecified atom stereocenters. The van der Waals surface area contributed by atoms with Crippen molar-refractivity contribution in [3.63, 3.8) is 0 Å². The summed E-state index contributed by atoms with van der Waals surface area (Å²) in [6.45, 7) is 9.46. The summed E-state index contributed by atoms with van der Waals surface area (Å²) in [4.78, 5) is 185. The lowest BCUT2D eigenvalue weighted by molar-refractivity contribution is -0.137. The Bertz CT molecular complexity index is 4600. The Balaban J connectivity index is 1.30. The average molecular weight is 1760 g/mol. The molecule has 6 rings (SSSR count). The smallest absolute Gasteiger partial charge is 0.245 e. The first-order chi connectivity index (χ1) is 60.1. The zero-order valence-electron chi connectivity index (χ0n) is 72.7. The van der Waals surface area contributed by atoms with Gasteiger partial charge >= 0.3 is 0 Å². The standard InChI is InChI=1S/C85H134N28O13/c1-47(2)39-65(77(121)103-60(71(90)115)28-12-15-33-86)109-80(124)68(42-51-45-101-58-26-10-7-22-54(51)58)111-75(119)61(29-13-16-34-87)105-74(118)64(32-20-38-99-85(95)96)107-82(126)70(49(5)114)113-81(125)69(43-52-46-102-59-27-11-8-23-55(52)59)112-76(120)62(30-14-17-35-88)104-73(117)63(31-19-37-98-84(93)94)106-78(122)66(40-48(3)4)110-79(123)67(41-50-44-100-57-25-9-6-21-53(50)57)108-72(116)56(89)24-18-36-97-83(91)92/h6-11,21-23,25-27,44-49,56,60-70,100-102,114H,12-20,24,28-43,86-89H2,1-5H3,(H2,90,115)(H,103,121)(H,104,117)(H,105,118)(H,106,122)(H,107,126)(H,108,116)(H,109,124)(H,110,123)(H,111,119)(H,112,120)(H,113,125)(H4,91,92,97)(H4,93,94,98)(H4,95,96,99)/t49-,56+,60+,61+,62+,63+,64+,65+,66+,67+,68+,69+,70+/m1/s1. The number of unbranched alkanes of at least 4 members (excludes halogenated alkanes) is 3. The van der Waals surface area contributed by atoms with Gasteiger partial charge in [-0.2, -0.15) is 0 Å². The third kappa shape index (κ3) is 34.2. The molecule has 37 N–H and O–H groups in total. The molecule has 0 saturated heterocycles. The number of aliphatic hydroxyl groups excluding tert-OH is 1. The van der Waals surface area contributed by atoms with Crippen molar-refractivity contribution < 1.29 is 62.6 Å². The Morgan fingerprint density at radius 2 is 0.595 bits per heavy atom. The molecule has 0 saturated carbocycles. The summed E-state index contributed by atoms with van der Waals surface area (Å²) >= 11 is 0. The highest BCUT2D eigenvalue weighted by atomic mass is 16.3. The molecule has 692 valence electrons. The molecule has 13 atom stereocenters. The molecule has 3 aromatic heterocycles. The minimum atomic E-state index is -1.90. The van der Waals surface area contributed by atoms with Gasteiger partial charge in [0.2, 0.25) is 70.9 Å². The first kappa shape index (κ1) is 102. The van der Waals surface area contributed by atoms with E-state index in [1.807, 2.05) is 70.2 Å². The number of carbonyl (C=O) groups is 12. The molecule has 0 aliphatic rings. The monoisotopic (exact) mass is 1760 g/mol. The van der Waals surface area contributed by atoms with Crippen molar-refractivity contribution in [2.75, 3.05) is 39.3 Å². The predicted octanol–water partition coefficient (Wildman–Crippen LogP) is -2.05. The molecule has 0 bridgehead atoms. The summed E-state index contributed by atoms with van der Waals surface area (Å²) in [5.41, 5.74) is 50.3. The van der Waals surface area contributed by atoms with E-state index < -0.39 is 155 Å². The summed E-state index contributed by atoms with van der Waals surface area (Å²) < 4.78 is 0. The van der Waals surface area contributed by atoms with Gasteiger partial charge < -0.3 is 140 Å². The van der Waals surface area contributed by atoms with Crippen LogP contribution in [0.15, 0.2) is 91.4 Å². The molecule has 3 aromatic carbocycles. The van der Waals surface area contributed by atoms with Crippen LogP contribution >= 0.6 is 0 Å². The Kier molecular flexibility index (Phi) is 43.0. The van der Waals surface area contributed by atoms with Crippen molar-refractivity contribution >= 4 is 121 Å². The van der Waals surface area contributed by atoms with E-state index in [0.29, 0.717) is 77.1 Å². The Labute approximate surface area is 733 Å². The van der Waals surface area contributed by atoms with Crippen molar-refractivity contribution in [2.24, 2.45) is 57.7 Å². The third-order valence-corrected chi connectivity index (χ3v) is 21.3. The maximum Gasteiger partial charge on any atom is 0.245 e. The van der Waals surface area contributed by atoms with Gasteiger partial charge in [0.15, 0.2) is 17.9 Å². The molecule has 41 nitrogen and oxygen atoms in total. The van der Waals surface area contributed by atoms with E-state index in [-0.39, 0.29) is 153 Å². The topological polar surface area (TPSA) is 721 Å². The zero-order valence-corrected chi connectivity index (χ0v) is 72.7. The van der Waals surface area contributed by atoms with Crippen LogP contribution in [-0.2, 0) is 76.8 Å². The van der Waals surface area contributed by atoms with Crippen LogP contribution in [-0.4, -0.2) is 227 Å². The van der Waals surface area contributed by atoms with Crippen LogP contribution in [0.3, 0.4) is 0 Å². The lowest BCUT2D eigenvalue weighted by Gasteiger charge is -2.29. The predicted molar refractivity (Wildman–Crippen MR) is 481 cm³/mol. The maximum absolute atomic E-state index is 15.3. The van der Waals surface area contributed by atoms with Crippen molar-refractivity contribution in [3.05, 3.63) is 108 Å². The molecule has 126 heavy (non-hydrogen) atoms. The third-order valence-electron chi connectivity index (χ3n) is 21.3. The largest absolute Gasteiger partial charge is 0.391 e. The SMILES string of the molecule is CC(C)C[C@H](NC(=O)[C@H](Cc1c[nH]c2ccccc12)NC(=O)[C@H](CCCCN)NC(=O)[C@H](CCCNC(=N)N)NC(=O)[C@@H](NC(=O)[C@H](Cc1c[nH]c2ccccc12)NC(=O)[C@H](CCCCN)NC(=O)[C@H](CCCNC(=N)N)NC(=O)[C@H](CC(C)C)NC(=O)[C@H](Cc1c[nH]c2ccccc12)NC(=O)[C@@H](N)CCCNC(=N)N)[C@@H](C)O)C(=O)N[C@@H](CCCCN)C(N)=O. The molecule has 3 heterocycles. The van der Waals surface area contributed by atoms with Gasteiger partial charge in [-0.15, -0.1) is 0 Å². The second kappa shape index (κ2) is 53.0. The molecular formula is C85H134N28O13. The van der Waals surface area contributed by atoms with Gasteiger partial charge in [-0.25, -0.2) is 0 Å². The van der Waals surface area contributed by atoms with Gasteiger partial charge in [-0.1, -0.05) is 82.3 Å². The van der Waals surface area contributed by atoms with Gasteiger partial charge in [0.1, 0.15) is 66.5 Å². The fraction of sp³-hybridized carbons (Fsp3) is 0.541. The number of aromatic nitrogens is 3. The number of rotatable bonds is 58. The van der Waals surface area contributed by atoms with Crippen LogP contribution in [0.2, 0.25) is 0 Å². The number of H-pyrrole nitrogens is 3. The molecular weight excluding hydrogens is 1620 g/mol. The van der Waals surface area contributed by atoms with Gasteiger partial charge in [0.25, 0.3) is 0 Å². The number of primary amides is 1. The van der Waals surface area contributed by atoms with Crippen molar-refractivity contribution in [3.8, 4) is 0 Å². The first-order valence-corrected chi connectivity index (χ1v) is 43.2. The van der Waals surface area contributed by atoms with Crippen LogP contribution in [0, 0.1) is 28.1 Å². The summed E-state index contributed by atoms with van der Waals surface area (Å²) in [7, 11) is 0. The van der Waals surface area contributed by atoms with Crippen LogP contribution in [0.5, 0.6) is 0 Å². The van der Waals surface area contributed by atoms with E-state index >= 15 is 28.8 Å². The second-order valence-corrected chi connectivity index (χ2v) is 32.6. The molecule has 0 fully saturated rings. The Hall–Kier alpha value is -12.5. The van der Waals surface area contributed by atoms with Crippen molar-refractivity contribution in [2.45, 2.75) is 242 Å². The number of carbonyl (C=O) groups excluding carboxylic acids is 12. The summed E-state index contributed by atoms with van der Waals surface area (Å²) in [6, 6.07) is 4.67. The number of aliphatic hydroxyl groups is 1. The summed E-state index contributed by atoms with van der Waals surface area (Å²) in [5.74, 6) is -11.8. The quantitative estimate of drug-likeness (QED) is 0.0111. The highest BCUT2D eigenvalue weighted by Gasteiger charge is 2.39. The number of guanidine groups is 3. The number of nitrogens with two attached hydrogens (primary N) is 8. The minimum Gasteiger partial charge on any atom is -0.391 e. The van der Waals surface area contributed by atoms with E-state index in [2.05, 4.69) is 89.4 Å². The van der Waals surface area contributed by atoms with Gasteiger partial charge in [-0.05, 0) is 182 Å². The van der Waals surface area contributed by atoms with E-state index in [4.69, 9.17) is 62.1 Å². The molecule has 12 amide bonds. The number of para-hydroxylation sites is 3. The number of fused-ring (bicyclic) bond motifs is 3. The number of benzene rings is 3. The maximum atomic E-state index is 15.3. The van der Waals surface area contributed by atoms with Gasteiger partial charge in [-0.3, -0.25) is 73.8 Å². The summed E-state index contributed by atoms with van der Waals surface area (Å²) in [6.07, 6.45) is 5.49. The fourth-order valence-corrected chi connectivity index (χ4v) is 14.5. The average Bonchev–Trinajstić information content (AvgIpc) is 1.68. The van der Waals surface area contributed by atoms with E-state index in [1.165, 1.54) is 6.92 Å². The van der Waals surface area contributed by atoms with Crippen LogP contribution in [0.4, 0.5) is 0 Å². The lowest BCUT2D eigenvalue weighted by Crippen LogP contribution is -2.62. The first-order valence-electron chi connectivity index (χ1n) is 43.2. The van der Waals surface area contributed by atoms with Crippen molar-refractivity contribution in [1.82, 2.24) is 89.4 Å². The number of amides is 12.